The molecule has 0 bridgehead atoms. The Morgan fingerprint density at radius 1 is 0.282 bits per heavy atom. The first kappa shape index (κ1) is 67.3. The lowest BCUT2D eigenvalue weighted by molar-refractivity contribution is -0.167. The van der Waals surface area contributed by atoms with Gasteiger partial charge in [0.2, 0.25) is 0 Å². The number of hydrogen-bond acceptors (Lipinski definition) is 6. The van der Waals surface area contributed by atoms with Gasteiger partial charge in [-0.25, -0.2) is 0 Å². The minimum atomic E-state index is -0.808. The molecule has 1 atom stereocenters. The molecular weight excluding hydrogens is 877 g/mol. The van der Waals surface area contributed by atoms with Gasteiger partial charge in [-0.05, 0) is 109 Å². The van der Waals surface area contributed by atoms with Gasteiger partial charge in [-0.3, -0.25) is 14.4 Å². The maximum absolute atomic E-state index is 12.9. The molecule has 406 valence electrons. The number of carbonyl (C=O) groups is 3. The summed E-state index contributed by atoms with van der Waals surface area (Å²) >= 11 is 0. The second-order valence-corrected chi connectivity index (χ2v) is 19.6. The van der Waals surface area contributed by atoms with Crippen molar-refractivity contribution in [2.24, 2.45) is 0 Å². The summed E-state index contributed by atoms with van der Waals surface area (Å²) in [4.78, 5) is 38.2. The average molecular weight is 988 g/mol. The number of rotatable bonds is 53. The molecule has 0 N–H and O–H groups in total. The van der Waals surface area contributed by atoms with Crippen LogP contribution < -0.4 is 0 Å². The molecule has 0 saturated heterocycles. The maximum Gasteiger partial charge on any atom is 0.306 e. The van der Waals surface area contributed by atoms with Gasteiger partial charge in [-0.15, -0.1) is 0 Å². The lowest BCUT2D eigenvalue weighted by Gasteiger charge is -2.18. The highest BCUT2D eigenvalue weighted by molar-refractivity contribution is 5.71. The van der Waals surface area contributed by atoms with E-state index in [-0.39, 0.29) is 37.5 Å². The normalized spacial score (nSPS) is 12.8. The van der Waals surface area contributed by atoms with Gasteiger partial charge in [-0.1, -0.05) is 246 Å². The van der Waals surface area contributed by atoms with E-state index in [1.807, 2.05) is 0 Å². The molecule has 0 heterocycles. The highest BCUT2D eigenvalue weighted by Gasteiger charge is 2.19. The molecule has 0 spiro atoms. The topological polar surface area (TPSA) is 78.9 Å². The number of allylic oxidation sites excluding steroid dienone is 16. The van der Waals surface area contributed by atoms with Gasteiger partial charge in [0.25, 0.3) is 0 Å². The standard InChI is InChI=1S/C65H110O6/c1-4-7-10-13-16-19-22-25-28-30-32-34-37-40-43-46-49-52-55-58-64(67)70-61-62(60-69-63(66)57-54-51-48-45-42-39-36-27-24-21-18-15-12-9-6-3)71-65(68)59-56-53-50-47-44-41-38-35-33-31-29-26-23-20-17-14-11-8-5-2/h16-17,19-20,25-26,28-29,32-35,40-41,43-44,62H,4-15,18,21-24,27,30-31,36-39,42,45-61H2,1-3H3/b19-16-,20-17-,28-25-,29-26-,34-32-,35-33-,43-40-,44-41-/t62-/m0/s1. The van der Waals surface area contributed by atoms with E-state index in [0.717, 1.165) is 109 Å². The molecule has 0 amide bonds. The molecule has 0 saturated carbocycles. The van der Waals surface area contributed by atoms with Crippen molar-refractivity contribution in [2.75, 3.05) is 13.2 Å². The fourth-order valence-corrected chi connectivity index (χ4v) is 8.06. The number of unbranched alkanes of at least 4 members (excludes halogenated alkanes) is 26. The molecule has 0 aromatic carbocycles. The fourth-order valence-electron chi connectivity index (χ4n) is 8.06. The van der Waals surface area contributed by atoms with E-state index in [0.29, 0.717) is 12.8 Å². The zero-order chi connectivity index (χ0) is 51.4. The van der Waals surface area contributed by atoms with Crippen molar-refractivity contribution in [3.8, 4) is 0 Å². The predicted molar refractivity (Wildman–Crippen MR) is 307 cm³/mol. The van der Waals surface area contributed by atoms with Crippen molar-refractivity contribution < 1.29 is 28.6 Å². The summed E-state index contributed by atoms with van der Waals surface area (Å²) in [7, 11) is 0. The minimum absolute atomic E-state index is 0.0995. The second kappa shape index (κ2) is 58.9. The molecular formula is C65H110O6. The summed E-state index contributed by atoms with van der Waals surface area (Å²) in [5, 5.41) is 0. The van der Waals surface area contributed by atoms with Gasteiger partial charge >= 0.3 is 17.9 Å². The van der Waals surface area contributed by atoms with Crippen LogP contribution in [0.3, 0.4) is 0 Å². The highest BCUT2D eigenvalue weighted by Crippen LogP contribution is 2.15. The van der Waals surface area contributed by atoms with E-state index < -0.39 is 6.10 Å². The van der Waals surface area contributed by atoms with Crippen LogP contribution in [0.4, 0.5) is 0 Å². The summed E-state index contributed by atoms with van der Waals surface area (Å²) in [6, 6.07) is 0. The Morgan fingerprint density at radius 3 is 0.817 bits per heavy atom. The van der Waals surface area contributed by atoms with Crippen LogP contribution in [0.5, 0.6) is 0 Å². The molecule has 0 aromatic heterocycles. The van der Waals surface area contributed by atoms with Crippen molar-refractivity contribution in [3.63, 3.8) is 0 Å². The molecule has 0 unspecified atom stereocenters. The van der Waals surface area contributed by atoms with Crippen LogP contribution in [0, 0.1) is 0 Å². The third-order valence-electron chi connectivity index (χ3n) is 12.6. The third-order valence-corrected chi connectivity index (χ3v) is 12.6. The summed E-state index contributed by atoms with van der Waals surface area (Å²) in [5.74, 6) is -0.957. The molecule has 0 aliphatic heterocycles. The quantitative estimate of drug-likeness (QED) is 0.0261. The van der Waals surface area contributed by atoms with Crippen molar-refractivity contribution >= 4 is 17.9 Å². The lowest BCUT2D eigenvalue weighted by atomic mass is 10.0. The Hall–Kier alpha value is -3.67. The number of ether oxygens (including phenoxy) is 3. The van der Waals surface area contributed by atoms with E-state index in [2.05, 4.69) is 118 Å². The Bertz CT molecular complexity index is 1410. The number of esters is 3. The average Bonchev–Trinajstić information content (AvgIpc) is 3.37. The first-order chi connectivity index (χ1) is 35.0. The third kappa shape index (κ3) is 57.1. The predicted octanol–water partition coefficient (Wildman–Crippen LogP) is 20.1. The summed E-state index contributed by atoms with van der Waals surface area (Å²) in [6.07, 6.45) is 78.2. The van der Waals surface area contributed by atoms with Crippen molar-refractivity contribution in [3.05, 3.63) is 97.2 Å². The van der Waals surface area contributed by atoms with Crippen LogP contribution in [-0.2, 0) is 28.6 Å². The Balaban J connectivity index is 4.51. The van der Waals surface area contributed by atoms with Gasteiger partial charge in [0.05, 0.1) is 0 Å². The SMILES string of the molecule is CCCCC/C=C\C/C=C\C/C=C\C/C=C\CCCCCC(=O)OC[C@H](COC(=O)CCCCCCCCCCCCCCCCC)OC(=O)CCCCC/C=C\C/C=C\C/C=C\C/C=C\CCCCC. The molecule has 0 fully saturated rings. The maximum atomic E-state index is 12.9. The minimum Gasteiger partial charge on any atom is -0.462 e. The van der Waals surface area contributed by atoms with Gasteiger partial charge < -0.3 is 14.2 Å². The zero-order valence-electron chi connectivity index (χ0n) is 46.5. The lowest BCUT2D eigenvalue weighted by Crippen LogP contribution is -2.30. The van der Waals surface area contributed by atoms with Crippen LogP contribution in [-0.4, -0.2) is 37.2 Å². The van der Waals surface area contributed by atoms with E-state index in [4.69, 9.17) is 14.2 Å². The molecule has 6 nitrogen and oxygen atoms in total. The van der Waals surface area contributed by atoms with Crippen LogP contribution in [0.2, 0.25) is 0 Å². The van der Waals surface area contributed by atoms with Crippen LogP contribution in [0.1, 0.15) is 278 Å². The Kier molecular flexibility index (Phi) is 55.9. The Labute approximate surface area is 438 Å². The van der Waals surface area contributed by atoms with E-state index in [9.17, 15) is 14.4 Å². The molecule has 0 aliphatic rings. The molecule has 0 rings (SSSR count). The monoisotopic (exact) mass is 987 g/mol. The van der Waals surface area contributed by atoms with E-state index in [1.165, 1.54) is 128 Å². The fraction of sp³-hybridized carbons (Fsp3) is 0.708. The van der Waals surface area contributed by atoms with Gasteiger partial charge in [0.1, 0.15) is 13.2 Å². The molecule has 0 radical (unpaired) electrons. The van der Waals surface area contributed by atoms with E-state index >= 15 is 0 Å². The highest BCUT2D eigenvalue weighted by atomic mass is 16.6. The summed E-state index contributed by atoms with van der Waals surface area (Å²) in [6.45, 7) is 6.55. The summed E-state index contributed by atoms with van der Waals surface area (Å²) in [5.41, 5.74) is 0. The zero-order valence-corrected chi connectivity index (χ0v) is 46.5. The van der Waals surface area contributed by atoms with Crippen molar-refractivity contribution in [1.82, 2.24) is 0 Å². The molecule has 0 aromatic rings. The number of hydrogen-bond donors (Lipinski definition) is 0. The molecule has 6 heteroatoms. The van der Waals surface area contributed by atoms with E-state index in [1.54, 1.807) is 0 Å². The first-order valence-electron chi connectivity index (χ1n) is 29.7. The first-order valence-corrected chi connectivity index (χ1v) is 29.7. The number of carbonyl (C=O) groups excluding carboxylic acids is 3. The second-order valence-electron chi connectivity index (χ2n) is 19.6. The van der Waals surface area contributed by atoms with Crippen LogP contribution in [0.15, 0.2) is 97.2 Å². The van der Waals surface area contributed by atoms with Crippen LogP contribution in [0.25, 0.3) is 0 Å². The van der Waals surface area contributed by atoms with Crippen molar-refractivity contribution in [1.29, 1.82) is 0 Å². The van der Waals surface area contributed by atoms with Gasteiger partial charge in [0, 0.05) is 19.3 Å². The molecule has 0 aliphatic carbocycles. The van der Waals surface area contributed by atoms with Gasteiger partial charge in [0.15, 0.2) is 6.10 Å². The Morgan fingerprint density at radius 2 is 0.507 bits per heavy atom. The molecule has 71 heavy (non-hydrogen) atoms. The van der Waals surface area contributed by atoms with Crippen molar-refractivity contribution in [2.45, 2.75) is 284 Å². The van der Waals surface area contributed by atoms with Crippen LogP contribution >= 0.6 is 0 Å². The largest absolute Gasteiger partial charge is 0.462 e. The smallest absolute Gasteiger partial charge is 0.306 e. The summed E-state index contributed by atoms with van der Waals surface area (Å²) < 4.78 is 16.8. The van der Waals surface area contributed by atoms with Gasteiger partial charge in [-0.2, -0.15) is 0 Å².